The van der Waals surface area contributed by atoms with Crippen molar-refractivity contribution in [2.45, 2.75) is 52.6 Å². The second-order valence-electron chi connectivity index (χ2n) is 11.8. The second kappa shape index (κ2) is 10.7. The molecule has 0 radical (unpaired) electrons. The zero-order chi connectivity index (χ0) is 29.5. The van der Waals surface area contributed by atoms with Gasteiger partial charge in [0, 0.05) is 54.2 Å². The minimum Gasteiger partial charge on any atom is -0.494 e. The molecule has 3 aromatic rings. The molecule has 218 valence electrons. The number of carbonyl (C=O) groups is 2. The lowest BCUT2D eigenvalue weighted by Crippen LogP contribution is -2.46. The van der Waals surface area contributed by atoms with Crippen molar-refractivity contribution in [1.29, 1.82) is 0 Å². The molecule has 1 aromatic heterocycles. The van der Waals surface area contributed by atoms with Gasteiger partial charge in [-0.05, 0) is 58.7 Å². The molecular formula is C30H36FN5O5. The van der Waals surface area contributed by atoms with Crippen LogP contribution in [0.25, 0.3) is 10.9 Å². The van der Waals surface area contributed by atoms with E-state index in [4.69, 9.17) is 14.2 Å². The Balaban J connectivity index is 1.42. The average Bonchev–Trinajstić information content (AvgIpc) is 3.24. The molecule has 2 aliphatic rings. The van der Waals surface area contributed by atoms with Gasteiger partial charge in [0.25, 0.3) is 0 Å². The van der Waals surface area contributed by atoms with Crippen LogP contribution in [0.1, 0.15) is 45.6 Å². The van der Waals surface area contributed by atoms with Crippen LogP contribution < -0.4 is 19.7 Å². The zero-order valence-corrected chi connectivity index (χ0v) is 24.3. The predicted molar refractivity (Wildman–Crippen MR) is 154 cm³/mol. The molecule has 2 saturated heterocycles. The summed E-state index contributed by atoms with van der Waals surface area (Å²) in [6, 6.07) is 6.61. The van der Waals surface area contributed by atoms with Gasteiger partial charge < -0.3 is 29.3 Å². The van der Waals surface area contributed by atoms with Crippen LogP contribution in [-0.2, 0) is 9.53 Å². The van der Waals surface area contributed by atoms with E-state index in [0.29, 0.717) is 78.3 Å². The number of likely N-dealkylation sites (tertiary alicyclic amines) is 1. The van der Waals surface area contributed by atoms with Gasteiger partial charge in [0.05, 0.1) is 25.4 Å². The van der Waals surface area contributed by atoms with Gasteiger partial charge in [-0.2, -0.15) is 0 Å². The molecule has 3 heterocycles. The average molecular weight is 566 g/mol. The van der Waals surface area contributed by atoms with Gasteiger partial charge in [-0.25, -0.2) is 19.2 Å². The number of ether oxygens (including phenoxy) is 3. The summed E-state index contributed by atoms with van der Waals surface area (Å²) in [7, 11) is 2.99. The van der Waals surface area contributed by atoms with Gasteiger partial charge in [0.15, 0.2) is 11.6 Å². The van der Waals surface area contributed by atoms with E-state index in [0.717, 1.165) is 0 Å². The topological polar surface area (TPSA) is 106 Å². The summed E-state index contributed by atoms with van der Waals surface area (Å²) in [6.45, 7) is 8.90. The van der Waals surface area contributed by atoms with Crippen molar-refractivity contribution < 1.29 is 28.2 Å². The number of methoxy groups -OCH3 is 2. The van der Waals surface area contributed by atoms with Crippen LogP contribution in [0, 0.1) is 18.2 Å². The zero-order valence-electron chi connectivity index (χ0n) is 24.3. The number of rotatable bonds is 5. The van der Waals surface area contributed by atoms with Crippen LogP contribution in [0.4, 0.5) is 26.4 Å². The fourth-order valence-electron chi connectivity index (χ4n) is 5.66. The van der Waals surface area contributed by atoms with Crippen molar-refractivity contribution >= 4 is 40.1 Å². The van der Waals surface area contributed by atoms with Crippen LogP contribution in [0.5, 0.6) is 11.5 Å². The summed E-state index contributed by atoms with van der Waals surface area (Å²) >= 11 is 0. The van der Waals surface area contributed by atoms with E-state index < -0.39 is 11.4 Å². The summed E-state index contributed by atoms with van der Waals surface area (Å²) in [5.41, 5.74) is 1.68. The van der Waals surface area contributed by atoms with Crippen molar-refractivity contribution in [3.8, 4) is 11.5 Å². The number of benzene rings is 2. The number of carbonyl (C=O) groups excluding carboxylic acids is 2. The standard InChI is InChI=1S/C30H36FN5O5/c1-18-21(8-7-20(31)26(18)40-6)34-27-19-13-23(24(39-5)14-22(19)32-17-33-27)36-16-30(15-25(36)37)9-11-35(12-10-30)28(38)41-29(2,3)4/h7-8,13-14,17H,9-12,15-16H2,1-6H3,(H,32,33,34). The summed E-state index contributed by atoms with van der Waals surface area (Å²) in [5.74, 6) is 0.731. The molecule has 1 spiro atoms. The first-order chi connectivity index (χ1) is 19.4. The first-order valence-corrected chi connectivity index (χ1v) is 13.6. The van der Waals surface area contributed by atoms with Crippen LogP contribution in [0.2, 0.25) is 0 Å². The maximum absolute atomic E-state index is 14.2. The minimum atomic E-state index is -0.558. The number of halogens is 1. The fraction of sp³-hybridized carbons (Fsp3) is 0.467. The van der Waals surface area contributed by atoms with E-state index in [1.54, 1.807) is 36.0 Å². The highest BCUT2D eigenvalue weighted by Crippen LogP contribution is 2.46. The smallest absolute Gasteiger partial charge is 0.410 e. The minimum absolute atomic E-state index is 0.00107. The molecule has 2 aromatic carbocycles. The van der Waals surface area contributed by atoms with E-state index >= 15 is 0 Å². The molecule has 0 bridgehead atoms. The highest BCUT2D eigenvalue weighted by molar-refractivity contribution is 6.02. The van der Waals surface area contributed by atoms with Crippen LogP contribution in [0.3, 0.4) is 0 Å². The normalized spacial score (nSPS) is 16.8. The molecule has 0 unspecified atom stereocenters. The highest BCUT2D eigenvalue weighted by atomic mass is 19.1. The molecule has 0 saturated carbocycles. The van der Waals surface area contributed by atoms with Crippen molar-refractivity contribution in [2.24, 2.45) is 5.41 Å². The van der Waals surface area contributed by atoms with Gasteiger partial charge in [-0.1, -0.05) is 0 Å². The molecule has 1 N–H and O–H groups in total. The Labute approximate surface area is 238 Å². The SMILES string of the molecule is COc1cc2ncnc(Nc3ccc(F)c(OC)c3C)c2cc1N1CC2(CCN(C(=O)OC(C)(C)C)CC2)CC1=O. The van der Waals surface area contributed by atoms with Gasteiger partial charge in [0.2, 0.25) is 5.91 Å². The van der Waals surface area contributed by atoms with Gasteiger partial charge >= 0.3 is 6.09 Å². The van der Waals surface area contributed by atoms with Crippen molar-refractivity contribution in [2.75, 3.05) is 44.1 Å². The Kier molecular flexibility index (Phi) is 7.39. The summed E-state index contributed by atoms with van der Waals surface area (Å²) in [5, 5.41) is 3.96. The molecule has 0 atom stereocenters. The Morgan fingerprint density at radius 1 is 1.10 bits per heavy atom. The number of anilines is 3. The molecule has 2 aliphatic heterocycles. The number of amides is 2. The molecule has 5 rings (SSSR count). The van der Waals surface area contributed by atoms with Crippen LogP contribution >= 0.6 is 0 Å². The first kappa shape index (κ1) is 28.4. The monoisotopic (exact) mass is 565 g/mol. The van der Waals surface area contributed by atoms with Crippen LogP contribution in [0.15, 0.2) is 30.6 Å². The number of aromatic nitrogens is 2. The van der Waals surface area contributed by atoms with E-state index in [1.165, 1.54) is 19.5 Å². The molecule has 2 fully saturated rings. The van der Waals surface area contributed by atoms with Gasteiger partial charge in [0.1, 0.15) is 23.5 Å². The molecule has 41 heavy (non-hydrogen) atoms. The third kappa shape index (κ3) is 5.57. The summed E-state index contributed by atoms with van der Waals surface area (Å²) < 4.78 is 30.7. The maximum Gasteiger partial charge on any atom is 0.410 e. The van der Waals surface area contributed by atoms with E-state index in [-0.39, 0.29) is 23.2 Å². The maximum atomic E-state index is 14.2. The third-order valence-electron chi connectivity index (χ3n) is 7.84. The second-order valence-corrected chi connectivity index (χ2v) is 11.8. The lowest BCUT2D eigenvalue weighted by molar-refractivity contribution is -0.118. The van der Waals surface area contributed by atoms with Crippen molar-refractivity contribution in [3.63, 3.8) is 0 Å². The Bertz CT molecular complexity index is 1500. The van der Waals surface area contributed by atoms with E-state index in [2.05, 4.69) is 15.3 Å². The molecule has 10 nitrogen and oxygen atoms in total. The van der Waals surface area contributed by atoms with Crippen LogP contribution in [-0.4, -0.2) is 66.3 Å². The molecule has 0 aliphatic carbocycles. The molecule has 11 heteroatoms. The van der Waals surface area contributed by atoms with Gasteiger partial charge in [-0.15, -0.1) is 0 Å². The number of hydrogen-bond acceptors (Lipinski definition) is 8. The fourth-order valence-corrected chi connectivity index (χ4v) is 5.66. The number of hydrogen-bond donors (Lipinski definition) is 1. The summed E-state index contributed by atoms with van der Waals surface area (Å²) in [6.07, 6.45) is 2.91. The summed E-state index contributed by atoms with van der Waals surface area (Å²) in [4.78, 5) is 38.4. The molecule has 2 amide bonds. The highest BCUT2D eigenvalue weighted by Gasteiger charge is 2.47. The quantitative estimate of drug-likeness (QED) is 0.427. The third-order valence-corrected chi connectivity index (χ3v) is 7.84. The van der Waals surface area contributed by atoms with Crippen molar-refractivity contribution in [1.82, 2.24) is 14.9 Å². The van der Waals surface area contributed by atoms with E-state index in [1.807, 2.05) is 26.8 Å². The number of nitrogens with zero attached hydrogens (tertiary/aromatic N) is 4. The lowest BCUT2D eigenvalue weighted by atomic mass is 9.78. The Morgan fingerprint density at radius 3 is 2.49 bits per heavy atom. The predicted octanol–water partition coefficient (Wildman–Crippen LogP) is 5.59. The Hall–Kier alpha value is -4.15. The Morgan fingerprint density at radius 2 is 1.83 bits per heavy atom. The van der Waals surface area contributed by atoms with Gasteiger partial charge in [-0.3, -0.25) is 4.79 Å². The number of nitrogens with one attached hydrogen (secondary N) is 1. The van der Waals surface area contributed by atoms with E-state index in [9.17, 15) is 14.0 Å². The first-order valence-electron chi connectivity index (χ1n) is 13.6. The van der Waals surface area contributed by atoms with Crippen molar-refractivity contribution in [3.05, 3.63) is 42.0 Å². The molecular weight excluding hydrogens is 529 g/mol. The number of piperidine rings is 1. The largest absolute Gasteiger partial charge is 0.494 e. The number of fused-ring (bicyclic) bond motifs is 1. The lowest BCUT2D eigenvalue weighted by Gasteiger charge is -2.39.